The normalized spacial score (nSPS) is 22.6. The number of carbonyl (C=O) groups is 2. The van der Waals surface area contributed by atoms with Crippen LogP contribution in [-0.4, -0.2) is 40.5 Å². The Balaban J connectivity index is 1.78. The zero-order chi connectivity index (χ0) is 27.2. The van der Waals surface area contributed by atoms with Crippen molar-refractivity contribution in [2.45, 2.75) is 37.0 Å². The van der Waals surface area contributed by atoms with Crippen LogP contribution in [0.4, 0.5) is 11.4 Å². The summed E-state index contributed by atoms with van der Waals surface area (Å²) < 4.78 is 55.3. The third kappa shape index (κ3) is 5.01. The van der Waals surface area contributed by atoms with Gasteiger partial charge < -0.3 is 5.32 Å². The molecular formula is C26H27N3O6S2. The molecule has 0 amide bonds. The number of allylic oxidation sites excluding steroid dienone is 3. The van der Waals surface area contributed by atoms with Gasteiger partial charge in [0.1, 0.15) is 16.6 Å². The SMILES string of the molecule is C=C(C=CCC1(C)C(=O)C(C2=NS(=O)(=O)c3cc(NS(C)(=O)=O)ccc3N2)C(=O)c2ccccc21)CC. The lowest BCUT2D eigenvalue weighted by atomic mass is 9.63. The molecule has 1 aliphatic carbocycles. The summed E-state index contributed by atoms with van der Waals surface area (Å²) >= 11 is 0. The van der Waals surface area contributed by atoms with E-state index in [4.69, 9.17) is 0 Å². The molecule has 2 unspecified atom stereocenters. The van der Waals surface area contributed by atoms with Crippen molar-refractivity contribution in [1.82, 2.24) is 0 Å². The van der Waals surface area contributed by atoms with Crippen LogP contribution in [0.15, 0.2) is 76.1 Å². The molecule has 37 heavy (non-hydrogen) atoms. The van der Waals surface area contributed by atoms with Gasteiger partial charge in [0.2, 0.25) is 10.0 Å². The Hall–Kier alpha value is -3.57. The number of sulfonamides is 2. The molecule has 2 N–H and O–H groups in total. The van der Waals surface area contributed by atoms with Crippen molar-refractivity contribution in [3.8, 4) is 0 Å². The summed E-state index contributed by atoms with van der Waals surface area (Å²) in [5.41, 5.74) is 0.804. The molecule has 194 valence electrons. The summed E-state index contributed by atoms with van der Waals surface area (Å²) in [5, 5.41) is 2.85. The van der Waals surface area contributed by atoms with E-state index in [-0.39, 0.29) is 28.5 Å². The molecule has 0 spiro atoms. The molecule has 0 aromatic heterocycles. The lowest BCUT2D eigenvalue weighted by Gasteiger charge is -2.38. The Morgan fingerprint density at radius 1 is 1.22 bits per heavy atom. The first kappa shape index (κ1) is 26.5. The van der Waals surface area contributed by atoms with Gasteiger partial charge in [-0.3, -0.25) is 14.3 Å². The van der Waals surface area contributed by atoms with E-state index in [9.17, 15) is 26.4 Å². The number of nitrogens with one attached hydrogen (secondary N) is 2. The predicted octanol–water partition coefficient (Wildman–Crippen LogP) is 3.82. The van der Waals surface area contributed by atoms with Gasteiger partial charge in [-0.15, -0.1) is 4.40 Å². The number of hydrogen-bond donors (Lipinski definition) is 2. The molecule has 11 heteroatoms. The van der Waals surface area contributed by atoms with Crippen molar-refractivity contribution in [2.24, 2.45) is 10.3 Å². The number of anilines is 2. The quantitative estimate of drug-likeness (QED) is 0.401. The maximum Gasteiger partial charge on any atom is 0.286 e. The van der Waals surface area contributed by atoms with Gasteiger partial charge in [0.25, 0.3) is 10.0 Å². The van der Waals surface area contributed by atoms with Gasteiger partial charge in [-0.2, -0.15) is 8.42 Å². The summed E-state index contributed by atoms with van der Waals surface area (Å²) in [6, 6.07) is 10.7. The number of amidine groups is 1. The van der Waals surface area contributed by atoms with E-state index in [1.807, 2.05) is 19.1 Å². The number of nitrogens with zero attached hydrogens (tertiary/aromatic N) is 1. The summed E-state index contributed by atoms with van der Waals surface area (Å²) in [7, 11) is -7.99. The standard InChI is InChI=1S/C26H27N3O6S2/c1-5-16(2)9-8-14-26(3)19-11-7-6-10-18(19)23(30)22(24(26)31)25-27-20-13-12-17(28-36(4,32)33)15-21(20)37(34,35)29-25/h6-13,15,22,28H,2,5,14H2,1,3-4H3,(H,27,29). The zero-order valence-corrected chi connectivity index (χ0v) is 22.2. The first-order valence-corrected chi connectivity index (χ1v) is 14.9. The Bertz CT molecular complexity index is 1610. The minimum Gasteiger partial charge on any atom is -0.341 e. The molecule has 2 aromatic carbocycles. The molecule has 0 saturated carbocycles. The summed E-state index contributed by atoms with van der Waals surface area (Å²) in [6.07, 6.45) is 5.65. The van der Waals surface area contributed by atoms with Crippen LogP contribution in [0.25, 0.3) is 0 Å². The molecule has 2 atom stereocenters. The van der Waals surface area contributed by atoms with Crippen LogP contribution in [0.2, 0.25) is 0 Å². The van der Waals surface area contributed by atoms with E-state index in [0.29, 0.717) is 11.1 Å². The van der Waals surface area contributed by atoms with Crippen molar-refractivity contribution in [1.29, 1.82) is 0 Å². The molecule has 0 fully saturated rings. The van der Waals surface area contributed by atoms with Crippen LogP contribution >= 0.6 is 0 Å². The number of carbonyl (C=O) groups excluding carboxylic acids is 2. The van der Waals surface area contributed by atoms with Gasteiger partial charge in [-0.1, -0.05) is 55.5 Å². The van der Waals surface area contributed by atoms with Gasteiger partial charge in [0.15, 0.2) is 11.6 Å². The second kappa shape index (κ2) is 9.38. The topological polar surface area (TPSA) is 139 Å². The van der Waals surface area contributed by atoms with E-state index in [1.165, 1.54) is 12.1 Å². The van der Waals surface area contributed by atoms with Crippen LogP contribution in [0.3, 0.4) is 0 Å². The second-order valence-electron chi connectivity index (χ2n) is 9.32. The van der Waals surface area contributed by atoms with Crippen molar-refractivity contribution in [3.63, 3.8) is 0 Å². The lowest BCUT2D eigenvalue weighted by molar-refractivity contribution is -0.125. The Morgan fingerprint density at radius 2 is 1.92 bits per heavy atom. The van der Waals surface area contributed by atoms with E-state index >= 15 is 0 Å². The molecule has 0 saturated heterocycles. The molecule has 4 rings (SSSR count). The Kier molecular flexibility index (Phi) is 6.72. The number of fused-ring (bicyclic) bond motifs is 2. The summed E-state index contributed by atoms with van der Waals surface area (Å²) in [6.45, 7) is 7.65. The number of hydrogen-bond acceptors (Lipinski definition) is 7. The number of benzene rings is 2. The van der Waals surface area contributed by atoms with Gasteiger partial charge in [0.05, 0.1) is 17.4 Å². The third-order valence-electron chi connectivity index (χ3n) is 6.51. The van der Waals surface area contributed by atoms with E-state index in [2.05, 4.69) is 21.0 Å². The van der Waals surface area contributed by atoms with Crippen LogP contribution in [0.5, 0.6) is 0 Å². The largest absolute Gasteiger partial charge is 0.341 e. The van der Waals surface area contributed by atoms with Crippen molar-refractivity contribution in [3.05, 3.63) is 77.9 Å². The predicted molar refractivity (Wildman–Crippen MR) is 143 cm³/mol. The van der Waals surface area contributed by atoms with Gasteiger partial charge in [-0.25, -0.2) is 8.42 Å². The van der Waals surface area contributed by atoms with Crippen molar-refractivity contribution < 1.29 is 26.4 Å². The molecule has 0 radical (unpaired) electrons. The van der Waals surface area contributed by atoms with Crippen LogP contribution < -0.4 is 10.0 Å². The fraction of sp³-hybridized carbons (Fsp3) is 0.269. The Morgan fingerprint density at radius 3 is 2.59 bits per heavy atom. The lowest BCUT2D eigenvalue weighted by Crippen LogP contribution is -2.51. The van der Waals surface area contributed by atoms with E-state index < -0.39 is 42.9 Å². The molecule has 9 nitrogen and oxygen atoms in total. The molecule has 1 aliphatic heterocycles. The van der Waals surface area contributed by atoms with Gasteiger partial charge in [-0.05, 0) is 43.5 Å². The van der Waals surface area contributed by atoms with Crippen LogP contribution in [0.1, 0.15) is 42.6 Å². The summed E-state index contributed by atoms with van der Waals surface area (Å²) in [4.78, 5) is 27.2. The van der Waals surface area contributed by atoms with Gasteiger partial charge >= 0.3 is 0 Å². The van der Waals surface area contributed by atoms with Crippen LogP contribution in [-0.2, 0) is 30.3 Å². The van der Waals surface area contributed by atoms with E-state index in [0.717, 1.165) is 24.3 Å². The second-order valence-corrected chi connectivity index (χ2v) is 12.6. The maximum atomic E-state index is 13.9. The van der Waals surface area contributed by atoms with Crippen molar-refractivity contribution >= 4 is 48.8 Å². The first-order chi connectivity index (χ1) is 17.3. The first-order valence-electron chi connectivity index (χ1n) is 11.5. The minimum absolute atomic E-state index is 0.0389. The Labute approximate surface area is 216 Å². The molecule has 0 bridgehead atoms. The van der Waals surface area contributed by atoms with E-state index in [1.54, 1.807) is 31.2 Å². The highest BCUT2D eigenvalue weighted by atomic mass is 32.2. The average molecular weight is 542 g/mol. The third-order valence-corrected chi connectivity index (χ3v) is 8.44. The zero-order valence-electron chi connectivity index (χ0n) is 20.6. The molecule has 1 heterocycles. The monoisotopic (exact) mass is 541 g/mol. The highest BCUT2D eigenvalue weighted by Gasteiger charge is 2.51. The molecular weight excluding hydrogens is 514 g/mol. The smallest absolute Gasteiger partial charge is 0.286 e. The highest BCUT2D eigenvalue weighted by molar-refractivity contribution is 7.92. The number of ketones is 2. The minimum atomic E-state index is -4.35. The molecule has 2 aliphatic rings. The fourth-order valence-electron chi connectivity index (χ4n) is 4.52. The summed E-state index contributed by atoms with van der Waals surface area (Å²) in [5.74, 6) is -2.75. The number of rotatable bonds is 7. The molecule has 2 aromatic rings. The highest BCUT2D eigenvalue weighted by Crippen LogP contribution is 2.42. The van der Waals surface area contributed by atoms with Crippen molar-refractivity contribution in [2.75, 3.05) is 16.3 Å². The maximum absolute atomic E-state index is 13.9. The number of Topliss-reactive ketones (excluding diaryl/α,β-unsaturated/α-hetero) is 2. The van der Waals surface area contributed by atoms with Gasteiger partial charge in [0, 0.05) is 11.3 Å². The average Bonchev–Trinajstić information content (AvgIpc) is 2.82. The van der Waals surface area contributed by atoms with Crippen LogP contribution in [0, 0.1) is 5.92 Å². The fourth-order valence-corrected chi connectivity index (χ4v) is 6.26.